The van der Waals surface area contributed by atoms with Crippen LogP contribution in [0.3, 0.4) is 0 Å². The Bertz CT molecular complexity index is 367. The minimum atomic E-state index is 0.361. The Labute approximate surface area is 98.4 Å². The molecule has 1 unspecified atom stereocenters. The SMILES string of the molecule is CC(N(C)C)C1(c2ccccc2CN)CC1. The Balaban J connectivity index is 2.36. The third kappa shape index (κ3) is 1.76. The molecule has 2 rings (SSSR count). The van der Waals surface area contributed by atoms with Gasteiger partial charge in [-0.15, -0.1) is 0 Å². The molecular weight excluding hydrogens is 196 g/mol. The lowest BCUT2D eigenvalue weighted by molar-refractivity contribution is 0.258. The number of hydrogen-bond donors (Lipinski definition) is 1. The van der Waals surface area contributed by atoms with Gasteiger partial charge in [-0.25, -0.2) is 0 Å². The van der Waals surface area contributed by atoms with Crippen LogP contribution in [0.15, 0.2) is 24.3 Å². The molecule has 1 aromatic rings. The van der Waals surface area contributed by atoms with Gasteiger partial charge in [0.15, 0.2) is 0 Å². The van der Waals surface area contributed by atoms with E-state index in [0.717, 1.165) is 0 Å². The van der Waals surface area contributed by atoms with Crippen LogP contribution in [0.2, 0.25) is 0 Å². The minimum absolute atomic E-state index is 0.361. The molecule has 0 aliphatic heterocycles. The monoisotopic (exact) mass is 218 g/mol. The molecule has 16 heavy (non-hydrogen) atoms. The number of benzene rings is 1. The van der Waals surface area contributed by atoms with E-state index in [0.29, 0.717) is 18.0 Å². The van der Waals surface area contributed by atoms with Gasteiger partial charge in [0.1, 0.15) is 0 Å². The second kappa shape index (κ2) is 4.19. The van der Waals surface area contributed by atoms with Crippen molar-refractivity contribution in [3.63, 3.8) is 0 Å². The van der Waals surface area contributed by atoms with Gasteiger partial charge in [0, 0.05) is 18.0 Å². The van der Waals surface area contributed by atoms with Gasteiger partial charge >= 0.3 is 0 Å². The molecule has 0 amide bonds. The van der Waals surface area contributed by atoms with Crippen LogP contribution >= 0.6 is 0 Å². The van der Waals surface area contributed by atoms with Gasteiger partial charge in [-0.2, -0.15) is 0 Å². The number of nitrogens with two attached hydrogens (primary N) is 1. The fourth-order valence-electron chi connectivity index (χ4n) is 2.73. The summed E-state index contributed by atoms with van der Waals surface area (Å²) >= 11 is 0. The maximum absolute atomic E-state index is 5.84. The Morgan fingerprint density at radius 3 is 2.44 bits per heavy atom. The maximum atomic E-state index is 5.84. The summed E-state index contributed by atoms with van der Waals surface area (Å²) < 4.78 is 0. The zero-order chi connectivity index (χ0) is 11.8. The van der Waals surface area contributed by atoms with Crippen molar-refractivity contribution < 1.29 is 0 Å². The van der Waals surface area contributed by atoms with Crippen molar-refractivity contribution in [2.75, 3.05) is 14.1 Å². The van der Waals surface area contributed by atoms with Crippen molar-refractivity contribution >= 4 is 0 Å². The highest BCUT2D eigenvalue weighted by molar-refractivity contribution is 5.40. The predicted molar refractivity (Wildman–Crippen MR) is 68.4 cm³/mol. The molecule has 1 saturated carbocycles. The van der Waals surface area contributed by atoms with Gasteiger partial charge in [-0.3, -0.25) is 0 Å². The van der Waals surface area contributed by atoms with E-state index < -0.39 is 0 Å². The highest BCUT2D eigenvalue weighted by atomic mass is 15.1. The molecule has 1 aliphatic rings. The van der Waals surface area contributed by atoms with Gasteiger partial charge in [0.25, 0.3) is 0 Å². The Morgan fingerprint density at radius 1 is 1.31 bits per heavy atom. The molecule has 0 saturated heterocycles. The summed E-state index contributed by atoms with van der Waals surface area (Å²) in [6, 6.07) is 9.23. The Hall–Kier alpha value is -0.860. The first-order chi connectivity index (χ1) is 7.62. The first kappa shape index (κ1) is 11.6. The minimum Gasteiger partial charge on any atom is -0.326 e. The Kier molecular flexibility index (Phi) is 3.04. The van der Waals surface area contributed by atoms with Gasteiger partial charge in [-0.1, -0.05) is 24.3 Å². The molecule has 2 N–H and O–H groups in total. The lowest BCUT2D eigenvalue weighted by Gasteiger charge is -2.31. The van der Waals surface area contributed by atoms with E-state index in [9.17, 15) is 0 Å². The highest BCUT2D eigenvalue weighted by Crippen LogP contribution is 2.53. The first-order valence-electron chi connectivity index (χ1n) is 6.06. The predicted octanol–water partition coefficient (Wildman–Crippen LogP) is 2.13. The molecular formula is C14H22N2. The summed E-state index contributed by atoms with van der Waals surface area (Å²) in [5.41, 5.74) is 8.98. The topological polar surface area (TPSA) is 29.3 Å². The molecule has 0 bridgehead atoms. The van der Waals surface area contributed by atoms with Crippen LogP contribution in [0.5, 0.6) is 0 Å². The third-order valence-corrected chi connectivity index (χ3v) is 4.14. The standard InChI is InChI=1S/C14H22N2/c1-11(16(2)3)14(8-9-14)13-7-5-4-6-12(13)10-15/h4-7,11H,8-10,15H2,1-3H3. The highest BCUT2D eigenvalue weighted by Gasteiger charge is 2.50. The first-order valence-corrected chi connectivity index (χ1v) is 6.06. The summed E-state index contributed by atoms with van der Waals surface area (Å²) in [7, 11) is 4.32. The summed E-state index contributed by atoms with van der Waals surface area (Å²) in [5.74, 6) is 0. The Morgan fingerprint density at radius 2 is 1.94 bits per heavy atom. The maximum Gasteiger partial charge on any atom is 0.0181 e. The normalized spacial score (nSPS) is 19.8. The molecule has 0 radical (unpaired) electrons. The summed E-state index contributed by atoms with van der Waals surface area (Å²) in [5, 5.41) is 0. The quantitative estimate of drug-likeness (QED) is 0.839. The van der Waals surface area contributed by atoms with E-state index in [1.807, 2.05) is 0 Å². The van der Waals surface area contributed by atoms with Crippen LogP contribution in [0, 0.1) is 0 Å². The van der Waals surface area contributed by atoms with Gasteiger partial charge in [-0.05, 0) is 45.0 Å². The number of hydrogen-bond acceptors (Lipinski definition) is 2. The van der Waals surface area contributed by atoms with Crippen molar-refractivity contribution in [1.82, 2.24) is 4.90 Å². The third-order valence-electron chi connectivity index (χ3n) is 4.14. The van der Waals surface area contributed by atoms with Gasteiger partial charge in [0.2, 0.25) is 0 Å². The second-order valence-electron chi connectivity index (χ2n) is 5.16. The van der Waals surface area contributed by atoms with Crippen molar-refractivity contribution in [2.45, 2.75) is 37.8 Å². The molecule has 2 nitrogen and oxygen atoms in total. The number of nitrogens with zero attached hydrogens (tertiary/aromatic N) is 1. The van der Waals surface area contributed by atoms with Gasteiger partial charge in [0.05, 0.1) is 0 Å². The number of likely N-dealkylation sites (N-methyl/N-ethyl adjacent to an activating group) is 1. The van der Waals surface area contributed by atoms with E-state index >= 15 is 0 Å². The van der Waals surface area contributed by atoms with Crippen molar-refractivity contribution in [2.24, 2.45) is 5.73 Å². The average molecular weight is 218 g/mol. The molecule has 0 spiro atoms. The van der Waals surface area contributed by atoms with Crippen LogP contribution < -0.4 is 5.73 Å². The average Bonchev–Trinajstić information content (AvgIpc) is 3.09. The van der Waals surface area contributed by atoms with E-state index in [1.165, 1.54) is 24.0 Å². The zero-order valence-electron chi connectivity index (χ0n) is 10.5. The van der Waals surface area contributed by atoms with Crippen LogP contribution in [0.4, 0.5) is 0 Å². The smallest absolute Gasteiger partial charge is 0.0181 e. The fraction of sp³-hybridized carbons (Fsp3) is 0.571. The van der Waals surface area contributed by atoms with E-state index in [4.69, 9.17) is 5.73 Å². The van der Waals surface area contributed by atoms with E-state index in [2.05, 4.69) is 50.2 Å². The second-order valence-corrected chi connectivity index (χ2v) is 5.16. The molecule has 1 aliphatic carbocycles. The molecule has 1 aromatic carbocycles. The van der Waals surface area contributed by atoms with Crippen molar-refractivity contribution in [3.8, 4) is 0 Å². The lowest BCUT2D eigenvalue weighted by Crippen LogP contribution is -2.37. The largest absolute Gasteiger partial charge is 0.326 e. The van der Waals surface area contributed by atoms with E-state index in [1.54, 1.807) is 0 Å². The zero-order valence-corrected chi connectivity index (χ0v) is 10.5. The summed E-state index contributed by atoms with van der Waals surface area (Å²) in [4.78, 5) is 2.32. The summed E-state index contributed by atoms with van der Waals surface area (Å²) in [6.07, 6.45) is 2.59. The van der Waals surface area contributed by atoms with E-state index in [-0.39, 0.29) is 0 Å². The fourth-order valence-corrected chi connectivity index (χ4v) is 2.73. The molecule has 0 heterocycles. The molecule has 0 aromatic heterocycles. The van der Waals surface area contributed by atoms with Gasteiger partial charge < -0.3 is 10.6 Å². The molecule has 2 heteroatoms. The molecule has 88 valence electrons. The van der Waals surface area contributed by atoms with Crippen LogP contribution in [-0.2, 0) is 12.0 Å². The number of rotatable bonds is 4. The summed E-state index contributed by atoms with van der Waals surface area (Å²) in [6.45, 7) is 2.97. The van der Waals surface area contributed by atoms with Crippen LogP contribution in [0.1, 0.15) is 30.9 Å². The van der Waals surface area contributed by atoms with Crippen molar-refractivity contribution in [3.05, 3.63) is 35.4 Å². The van der Waals surface area contributed by atoms with Crippen LogP contribution in [-0.4, -0.2) is 25.0 Å². The van der Waals surface area contributed by atoms with Crippen molar-refractivity contribution in [1.29, 1.82) is 0 Å². The molecule has 1 fully saturated rings. The van der Waals surface area contributed by atoms with Crippen LogP contribution in [0.25, 0.3) is 0 Å². The lowest BCUT2D eigenvalue weighted by atomic mass is 9.85. The molecule has 1 atom stereocenters.